The Morgan fingerprint density at radius 2 is 1.75 bits per heavy atom. The molecule has 88 valence electrons. The Morgan fingerprint density at radius 1 is 1.19 bits per heavy atom. The van der Waals surface area contributed by atoms with E-state index in [2.05, 4.69) is 43.4 Å². The average molecular weight is 219 g/mol. The first-order valence-corrected chi connectivity index (χ1v) is 5.96. The molecule has 2 nitrogen and oxygen atoms in total. The smallest absolute Gasteiger partial charge is 0.219 e. The molecule has 0 bridgehead atoms. The molecule has 0 fully saturated rings. The third-order valence-electron chi connectivity index (χ3n) is 2.48. The van der Waals surface area contributed by atoms with Gasteiger partial charge in [-0.1, -0.05) is 45.0 Å². The van der Waals surface area contributed by atoms with Gasteiger partial charge in [0.1, 0.15) is 0 Å². The van der Waals surface area contributed by atoms with Gasteiger partial charge in [0.05, 0.1) is 0 Å². The van der Waals surface area contributed by atoms with Crippen LogP contribution in [0.5, 0.6) is 0 Å². The number of hydrogen-bond acceptors (Lipinski definition) is 1. The van der Waals surface area contributed by atoms with Crippen molar-refractivity contribution >= 4 is 5.91 Å². The molecule has 0 aliphatic carbocycles. The van der Waals surface area contributed by atoms with Crippen LogP contribution in [0.2, 0.25) is 0 Å². The molecule has 0 heterocycles. The van der Waals surface area contributed by atoms with E-state index in [1.54, 1.807) is 0 Å². The SMILES string of the molecule is CCC(=O)NCc1ccc(CC(C)C)cc1. The predicted octanol–water partition coefficient (Wildman–Crippen LogP) is 2.91. The van der Waals surface area contributed by atoms with E-state index in [9.17, 15) is 4.79 Å². The lowest BCUT2D eigenvalue weighted by molar-refractivity contribution is -0.120. The average Bonchev–Trinajstić information content (AvgIpc) is 2.27. The minimum Gasteiger partial charge on any atom is -0.352 e. The summed E-state index contributed by atoms with van der Waals surface area (Å²) >= 11 is 0. The lowest BCUT2D eigenvalue weighted by atomic mass is 10.0. The van der Waals surface area contributed by atoms with Crippen LogP contribution in [0.15, 0.2) is 24.3 Å². The molecule has 0 aliphatic rings. The largest absolute Gasteiger partial charge is 0.352 e. The van der Waals surface area contributed by atoms with Gasteiger partial charge in [-0.05, 0) is 23.5 Å². The van der Waals surface area contributed by atoms with Crippen molar-refractivity contribution in [3.63, 3.8) is 0 Å². The van der Waals surface area contributed by atoms with Crippen LogP contribution in [0.4, 0.5) is 0 Å². The Balaban J connectivity index is 2.48. The molecule has 16 heavy (non-hydrogen) atoms. The zero-order valence-electron chi connectivity index (χ0n) is 10.4. The van der Waals surface area contributed by atoms with E-state index < -0.39 is 0 Å². The number of nitrogens with one attached hydrogen (secondary N) is 1. The maximum atomic E-state index is 11.1. The van der Waals surface area contributed by atoms with Gasteiger partial charge < -0.3 is 5.32 Å². The van der Waals surface area contributed by atoms with E-state index in [0.717, 1.165) is 12.0 Å². The van der Waals surface area contributed by atoms with Crippen molar-refractivity contribution in [1.29, 1.82) is 0 Å². The van der Waals surface area contributed by atoms with Gasteiger partial charge in [0.15, 0.2) is 0 Å². The standard InChI is InChI=1S/C14H21NO/c1-4-14(16)15-10-13-7-5-12(6-8-13)9-11(2)3/h5-8,11H,4,9-10H2,1-3H3,(H,15,16). The Bertz CT molecular complexity index is 327. The van der Waals surface area contributed by atoms with Crippen LogP contribution >= 0.6 is 0 Å². The van der Waals surface area contributed by atoms with Crippen molar-refractivity contribution in [2.75, 3.05) is 0 Å². The number of hydrogen-bond donors (Lipinski definition) is 1. The molecular weight excluding hydrogens is 198 g/mol. The van der Waals surface area contributed by atoms with Gasteiger partial charge in [0, 0.05) is 13.0 Å². The first-order valence-electron chi connectivity index (χ1n) is 5.96. The minimum atomic E-state index is 0.103. The first kappa shape index (κ1) is 12.8. The highest BCUT2D eigenvalue weighted by molar-refractivity contribution is 5.75. The highest BCUT2D eigenvalue weighted by atomic mass is 16.1. The Labute approximate surface area is 98.1 Å². The zero-order valence-corrected chi connectivity index (χ0v) is 10.4. The van der Waals surface area contributed by atoms with E-state index in [-0.39, 0.29) is 5.91 Å². The maximum Gasteiger partial charge on any atom is 0.219 e. The number of amides is 1. The third kappa shape index (κ3) is 4.47. The monoisotopic (exact) mass is 219 g/mol. The Kier molecular flexibility index (Phi) is 5.03. The zero-order chi connectivity index (χ0) is 12.0. The molecule has 1 amide bonds. The fourth-order valence-corrected chi connectivity index (χ4v) is 1.59. The quantitative estimate of drug-likeness (QED) is 0.810. The van der Waals surface area contributed by atoms with E-state index in [0.29, 0.717) is 18.9 Å². The number of carbonyl (C=O) groups is 1. The van der Waals surface area contributed by atoms with Crippen LogP contribution in [-0.2, 0) is 17.8 Å². The second-order valence-corrected chi connectivity index (χ2v) is 4.54. The molecule has 1 N–H and O–H groups in total. The fourth-order valence-electron chi connectivity index (χ4n) is 1.59. The highest BCUT2D eigenvalue weighted by Crippen LogP contribution is 2.09. The topological polar surface area (TPSA) is 29.1 Å². The van der Waals surface area contributed by atoms with Crippen molar-refractivity contribution in [2.45, 2.75) is 40.2 Å². The summed E-state index contributed by atoms with van der Waals surface area (Å²) in [7, 11) is 0. The second-order valence-electron chi connectivity index (χ2n) is 4.54. The third-order valence-corrected chi connectivity index (χ3v) is 2.48. The lowest BCUT2D eigenvalue weighted by Crippen LogP contribution is -2.21. The second kappa shape index (κ2) is 6.31. The summed E-state index contributed by atoms with van der Waals surface area (Å²) in [6, 6.07) is 8.47. The lowest BCUT2D eigenvalue weighted by Gasteiger charge is -2.07. The van der Waals surface area contributed by atoms with Crippen molar-refractivity contribution < 1.29 is 4.79 Å². The van der Waals surface area contributed by atoms with Crippen molar-refractivity contribution in [2.24, 2.45) is 5.92 Å². The molecule has 0 saturated carbocycles. The molecule has 2 heteroatoms. The highest BCUT2D eigenvalue weighted by Gasteiger charge is 1.99. The van der Waals surface area contributed by atoms with Gasteiger partial charge in [-0.25, -0.2) is 0 Å². The molecule has 0 aromatic heterocycles. The fraction of sp³-hybridized carbons (Fsp3) is 0.500. The van der Waals surface area contributed by atoms with Crippen molar-refractivity contribution in [3.05, 3.63) is 35.4 Å². The van der Waals surface area contributed by atoms with Crippen LogP contribution in [0.3, 0.4) is 0 Å². The van der Waals surface area contributed by atoms with E-state index in [1.807, 2.05) is 6.92 Å². The summed E-state index contributed by atoms with van der Waals surface area (Å²) in [5.41, 5.74) is 2.52. The first-order chi connectivity index (χ1) is 7.61. The van der Waals surface area contributed by atoms with E-state index >= 15 is 0 Å². The minimum absolute atomic E-state index is 0.103. The number of carbonyl (C=O) groups excluding carboxylic acids is 1. The molecule has 1 aromatic carbocycles. The van der Waals surface area contributed by atoms with Gasteiger partial charge >= 0.3 is 0 Å². The van der Waals surface area contributed by atoms with Crippen LogP contribution < -0.4 is 5.32 Å². The summed E-state index contributed by atoms with van der Waals surface area (Å²) in [4.78, 5) is 11.1. The predicted molar refractivity (Wildman–Crippen MR) is 67.1 cm³/mol. The van der Waals surface area contributed by atoms with Gasteiger partial charge in [-0.2, -0.15) is 0 Å². The molecule has 0 aliphatic heterocycles. The van der Waals surface area contributed by atoms with Crippen molar-refractivity contribution in [3.8, 4) is 0 Å². The summed E-state index contributed by atoms with van der Waals surface area (Å²) in [5.74, 6) is 0.789. The van der Waals surface area contributed by atoms with Crippen LogP contribution in [0.1, 0.15) is 38.3 Å². The van der Waals surface area contributed by atoms with Gasteiger partial charge in [0.25, 0.3) is 0 Å². The molecule has 0 spiro atoms. The summed E-state index contributed by atoms with van der Waals surface area (Å²) in [6.45, 7) is 6.93. The Hall–Kier alpha value is -1.31. The van der Waals surface area contributed by atoms with E-state index in [4.69, 9.17) is 0 Å². The summed E-state index contributed by atoms with van der Waals surface area (Å²) in [6.07, 6.45) is 1.66. The van der Waals surface area contributed by atoms with Crippen LogP contribution in [0, 0.1) is 5.92 Å². The van der Waals surface area contributed by atoms with Gasteiger partial charge in [-0.3, -0.25) is 4.79 Å². The van der Waals surface area contributed by atoms with Crippen molar-refractivity contribution in [1.82, 2.24) is 5.32 Å². The Morgan fingerprint density at radius 3 is 2.25 bits per heavy atom. The molecule has 1 aromatic rings. The van der Waals surface area contributed by atoms with Gasteiger partial charge in [0.2, 0.25) is 5.91 Å². The molecule has 0 saturated heterocycles. The summed E-state index contributed by atoms with van der Waals surface area (Å²) < 4.78 is 0. The normalized spacial score (nSPS) is 10.5. The molecular formula is C14H21NO. The van der Waals surface area contributed by atoms with Crippen LogP contribution in [0.25, 0.3) is 0 Å². The summed E-state index contributed by atoms with van der Waals surface area (Å²) in [5, 5.41) is 2.87. The van der Waals surface area contributed by atoms with Gasteiger partial charge in [-0.15, -0.1) is 0 Å². The van der Waals surface area contributed by atoms with Crippen LogP contribution in [-0.4, -0.2) is 5.91 Å². The molecule has 0 unspecified atom stereocenters. The molecule has 0 radical (unpaired) electrons. The molecule has 1 rings (SSSR count). The molecule has 0 atom stereocenters. The number of benzene rings is 1. The maximum absolute atomic E-state index is 11.1. The number of rotatable bonds is 5. The van der Waals surface area contributed by atoms with E-state index in [1.165, 1.54) is 5.56 Å².